The molecule has 8 heteroatoms. The average molecular weight is 347 g/mol. The number of rotatable bonds is 7. The second-order valence-corrected chi connectivity index (χ2v) is 6.71. The molecular weight excluding hydrogens is 326 g/mol. The third-order valence-corrected chi connectivity index (χ3v) is 4.96. The van der Waals surface area contributed by atoms with Crippen LogP contribution in [-0.2, 0) is 22.5 Å². The third-order valence-electron chi connectivity index (χ3n) is 4.02. The van der Waals surface area contributed by atoms with Crippen LogP contribution in [0.25, 0.3) is 0 Å². The van der Waals surface area contributed by atoms with Gasteiger partial charge in [0.2, 0.25) is 11.1 Å². The lowest BCUT2D eigenvalue weighted by atomic mass is 10.1. The van der Waals surface area contributed by atoms with E-state index >= 15 is 0 Å². The normalized spacial score (nSPS) is 16.4. The van der Waals surface area contributed by atoms with Gasteiger partial charge in [0.15, 0.2) is 0 Å². The zero-order chi connectivity index (χ0) is 16.9. The van der Waals surface area contributed by atoms with Crippen molar-refractivity contribution < 1.29 is 9.53 Å². The second-order valence-electron chi connectivity index (χ2n) is 5.77. The number of nitrogens with zero attached hydrogens (tertiary/aromatic N) is 5. The second kappa shape index (κ2) is 7.76. The summed E-state index contributed by atoms with van der Waals surface area (Å²) in [5.41, 5.74) is 2.25. The van der Waals surface area contributed by atoms with Crippen LogP contribution in [0.5, 0.6) is 0 Å². The van der Waals surface area contributed by atoms with Gasteiger partial charge in [-0.15, -0.1) is 5.10 Å². The number of hydrogen-bond acceptors (Lipinski definition) is 6. The van der Waals surface area contributed by atoms with E-state index in [-0.39, 0.29) is 11.9 Å². The van der Waals surface area contributed by atoms with Crippen LogP contribution < -0.4 is 4.90 Å². The van der Waals surface area contributed by atoms with Gasteiger partial charge >= 0.3 is 0 Å². The minimum atomic E-state index is 0.0869. The molecule has 0 spiro atoms. The summed E-state index contributed by atoms with van der Waals surface area (Å²) in [5, 5.41) is 12.3. The number of fused-ring (bicyclic) bond motifs is 1. The van der Waals surface area contributed by atoms with Gasteiger partial charge in [0.25, 0.3) is 0 Å². The Morgan fingerprint density at radius 2 is 2.25 bits per heavy atom. The van der Waals surface area contributed by atoms with Crippen LogP contribution in [0.15, 0.2) is 29.4 Å². The molecule has 0 N–H and O–H groups in total. The highest BCUT2D eigenvalue weighted by Crippen LogP contribution is 2.32. The zero-order valence-corrected chi connectivity index (χ0v) is 14.7. The lowest BCUT2D eigenvalue weighted by molar-refractivity contribution is -0.116. The summed E-state index contributed by atoms with van der Waals surface area (Å²) >= 11 is 1.38. The summed E-state index contributed by atoms with van der Waals surface area (Å²) in [7, 11) is 1.67. The van der Waals surface area contributed by atoms with Crippen LogP contribution in [-0.4, -0.2) is 51.6 Å². The highest BCUT2D eigenvalue weighted by atomic mass is 32.2. The molecule has 0 saturated carbocycles. The molecule has 7 nitrogen and oxygen atoms in total. The van der Waals surface area contributed by atoms with Gasteiger partial charge in [-0.1, -0.05) is 30.0 Å². The number of benzene rings is 1. The van der Waals surface area contributed by atoms with E-state index in [1.807, 2.05) is 23.1 Å². The first-order valence-corrected chi connectivity index (χ1v) is 8.97. The summed E-state index contributed by atoms with van der Waals surface area (Å²) in [6.07, 6.45) is 1.74. The molecule has 3 rings (SSSR count). The quantitative estimate of drug-likeness (QED) is 0.561. The molecule has 0 aliphatic carbocycles. The zero-order valence-electron chi connectivity index (χ0n) is 13.9. The van der Waals surface area contributed by atoms with Crippen LogP contribution in [0.2, 0.25) is 0 Å². The average Bonchev–Trinajstić information content (AvgIpc) is 3.16. The fraction of sp³-hybridized carbons (Fsp3) is 0.500. The van der Waals surface area contributed by atoms with Crippen molar-refractivity contribution in [3.05, 3.63) is 29.8 Å². The predicted octanol–water partition coefficient (Wildman–Crippen LogP) is 1.78. The first-order chi connectivity index (χ1) is 11.7. The molecule has 24 heavy (non-hydrogen) atoms. The van der Waals surface area contributed by atoms with Crippen molar-refractivity contribution in [3.63, 3.8) is 0 Å². The summed E-state index contributed by atoms with van der Waals surface area (Å²) in [4.78, 5) is 14.6. The molecular formula is C16H21N5O2S. The lowest BCUT2D eigenvalue weighted by Crippen LogP contribution is -2.37. The molecule has 1 amide bonds. The molecule has 0 radical (unpaired) electrons. The molecule has 1 aromatic carbocycles. The number of amides is 1. The maximum absolute atomic E-state index is 12.7. The van der Waals surface area contributed by atoms with E-state index in [2.05, 4.69) is 28.5 Å². The van der Waals surface area contributed by atoms with E-state index in [1.165, 1.54) is 17.3 Å². The Bertz CT molecular complexity index is 705. The van der Waals surface area contributed by atoms with Gasteiger partial charge in [0.1, 0.15) is 0 Å². The van der Waals surface area contributed by atoms with Gasteiger partial charge in [-0.05, 0) is 41.8 Å². The van der Waals surface area contributed by atoms with Crippen molar-refractivity contribution in [1.82, 2.24) is 20.2 Å². The standard InChI is InChI=1S/C16H21N5O2S/c1-12-10-13-6-3-4-7-14(13)21(12)15(22)11-24-16-17-18-19-20(16)8-5-9-23-2/h3-4,6-7,12H,5,8-11H2,1-2H3/t12-/m0/s1. The van der Waals surface area contributed by atoms with Gasteiger partial charge in [-0.2, -0.15) is 0 Å². The Balaban J connectivity index is 1.61. The molecule has 128 valence electrons. The van der Waals surface area contributed by atoms with Gasteiger partial charge in [0, 0.05) is 32.0 Å². The van der Waals surface area contributed by atoms with Crippen LogP contribution in [0, 0.1) is 0 Å². The number of hydrogen-bond donors (Lipinski definition) is 0. The first kappa shape index (κ1) is 16.9. The maximum Gasteiger partial charge on any atom is 0.237 e. The summed E-state index contributed by atoms with van der Waals surface area (Å²) < 4.78 is 6.76. The third kappa shape index (κ3) is 3.59. The molecule has 0 bridgehead atoms. The van der Waals surface area contributed by atoms with Crippen LogP contribution in [0.4, 0.5) is 5.69 Å². The molecule has 2 aromatic rings. The summed E-state index contributed by atoms with van der Waals surface area (Å²) in [6, 6.07) is 8.27. The smallest absolute Gasteiger partial charge is 0.237 e. The first-order valence-electron chi connectivity index (χ1n) is 7.98. The Labute approximate surface area is 145 Å². The van der Waals surface area contributed by atoms with E-state index < -0.39 is 0 Å². The minimum Gasteiger partial charge on any atom is -0.385 e. The fourth-order valence-corrected chi connectivity index (χ4v) is 3.70. The van der Waals surface area contributed by atoms with Crippen molar-refractivity contribution >= 4 is 23.4 Å². The van der Waals surface area contributed by atoms with Gasteiger partial charge in [-0.3, -0.25) is 4.79 Å². The van der Waals surface area contributed by atoms with E-state index in [1.54, 1.807) is 11.8 Å². The van der Waals surface area contributed by atoms with Gasteiger partial charge < -0.3 is 9.64 Å². The van der Waals surface area contributed by atoms with Crippen molar-refractivity contribution in [3.8, 4) is 0 Å². The van der Waals surface area contributed by atoms with Crippen molar-refractivity contribution in [2.24, 2.45) is 0 Å². The largest absolute Gasteiger partial charge is 0.385 e. The Morgan fingerprint density at radius 1 is 1.42 bits per heavy atom. The predicted molar refractivity (Wildman–Crippen MR) is 92.1 cm³/mol. The van der Waals surface area contributed by atoms with Crippen molar-refractivity contribution in [1.29, 1.82) is 0 Å². The molecule has 1 aromatic heterocycles. The van der Waals surface area contributed by atoms with Crippen molar-refractivity contribution in [2.45, 2.75) is 37.5 Å². The number of thioether (sulfide) groups is 1. The Morgan fingerprint density at radius 3 is 3.08 bits per heavy atom. The molecule has 1 atom stereocenters. The van der Waals surface area contributed by atoms with E-state index in [0.717, 1.165) is 18.5 Å². The van der Waals surface area contributed by atoms with Crippen LogP contribution in [0.3, 0.4) is 0 Å². The molecule has 0 fully saturated rings. The number of tetrazole rings is 1. The Hall–Kier alpha value is -1.93. The molecule has 0 unspecified atom stereocenters. The molecule has 2 heterocycles. The number of ether oxygens (including phenoxy) is 1. The molecule has 1 aliphatic rings. The summed E-state index contributed by atoms with van der Waals surface area (Å²) in [6.45, 7) is 3.42. The Kier molecular flexibility index (Phi) is 5.47. The molecule has 0 saturated heterocycles. The number of para-hydroxylation sites is 1. The van der Waals surface area contributed by atoms with Crippen LogP contribution >= 0.6 is 11.8 Å². The SMILES string of the molecule is COCCCn1nnnc1SCC(=O)N1c2ccccc2C[C@@H]1C. The topological polar surface area (TPSA) is 73.1 Å². The highest BCUT2D eigenvalue weighted by Gasteiger charge is 2.30. The van der Waals surface area contributed by atoms with E-state index in [0.29, 0.717) is 24.1 Å². The number of carbonyl (C=O) groups is 1. The maximum atomic E-state index is 12.7. The lowest BCUT2D eigenvalue weighted by Gasteiger charge is -2.22. The number of aromatic nitrogens is 4. The monoisotopic (exact) mass is 347 g/mol. The highest BCUT2D eigenvalue weighted by molar-refractivity contribution is 7.99. The molecule has 1 aliphatic heterocycles. The number of methoxy groups -OCH3 is 1. The fourth-order valence-electron chi connectivity index (χ4n) is 2.94. The summed E-state index contributed by atoms with van der Waals surface area (Å²) in [5.74, 6) is 0.410. The van der Waals surface area contributed by atoms with Gasteiger partial charge in [-0.25, -0.2) is 4.68 Å². The number of anilines is 1. The number of aryl methyl sites for hydroxylation is 1. The van der Waals surface area contributed by atoms with Crippen molar-refractivity contribution in [2.75, 3.05) is 24.4 Å². The number of carbonyl (C=O) groups excluding carboxylic acids is 1. The van der Waals surface area contributed by atoms with Gasteiger partial charge in [0.05, 0.1) is 5.75 Å². The minimum absolute atomic E-state index is 0.0869. The van der Waals surface area contributed by atoms with Crippen LogP contribution in [0.1, 0.15) is 18.9 Å². The van der Waals surface area contributed by atoms with E-state index in [9.17, 15) is 4.79 Å². The van der Waals surface area contributed by atoms with E-state index in [4.69, 9.17) is 4.74 Å².